The van der Waals surface area contributed by atoms with E-state index in [1.54, 1.807) is 0 Å². The molecule has 0 aliphatic rings. The van der Waals surface area contributed by atoms with Crippen LogP contribution in [0.4, 0.5) is 0 Å². The number of nitrogens with one attached hydrogen (secondary N) is 1. The number of pyridine rings is 2. The Morgan fingerprint density at radius 1 is 0.966 bits per heavy atom. The molecule has 0 amide bonds. The summed E-state index contributed by atoms with van der Waals surface area (Å²) < 4.78 is 5.30. The molecule has 0 aliphatic heterocycles. The quantitative estimate of drug-likeness (QED) is 0.388. The highest BCUT2D eigenvalue weighted by molar-refractivity contribution is 5.99. The first-order chi connectivity index (χ1) is 13.8. The first kappa shape index (κ1) is 18.0. The summed E-state index contributed by atoms with van der Waals surface area (Å²) in [6.07, 6.45) is 0. The summed E-state index contributed by atoms with van der Waals surface area (Å²) in [5.41, 5.74) is -1.18. The highest BCUT2D eigenvalue weighted by Crippen LogP contribution is 2.31. The molecule has 0 radical (unpaired) electrons. The standard InChI is InChI=1S/C20H12N2O7/c23-13-5-1-3-9-15(25)7-12(22-17(9)13)20(28)29-16-8-11(19(26)27)21-18-10(16)4-2-6-14(18)24/h1-8,23-24H,(H,22,25)(H,26,27). The molecule has 29 heavy (non-hydrogen) atoms. The predicted molar refractivity (Wildman–Crippen MR) is 102 cm³/mol. The van der Waals surface area contributed by atoms with Crippen LogP contribution in [0, 0.1) is 0 Å². The zero-order valence-electron chi connectivity index (χ0n) is 14.5. The molecule has 4 N–H and O–H groups in total. The zero-order chi connectivity index (χ0) is 20.7. The normalized spacial score (nSPS) is 10.9. The highest BCUT2D eigenvalue weighted by atomic mass is 16.5. The van der Waals surface area contributed by atoms with Gasteiger partial charge in [0.05, 0.1) is 5.52 Å². The van der Waals surface area contributed by atoms with Crippen molar-refractivity contribution in [2.75, 3.05) is 0 Å². The Hall–Kier alpha value is -4.40. The van der Waals surface area contributed by atoms with Gasteiger partial charge in [-0.1, -0.05) is 12.1 Å². The second kappa shape index (κ2) is 6.64. The van der Waals surface area contributed by atoms with Gasteiger partial charge in [-0.05, 0) is 24.3 Å². The minimum absolute atomic E-state index is 0.0557. The van der Waals surface area contributed by atoms with Gasteiger partial charge in [0.25, 0.3) is 0 Å². The molecule has 4 aromatic rings. The minimum Gasteiger partial charge on any atom is -0.506 e. The lowest BCUT2D eigenvalue weighted by molar-refractivity contribution is 0.0682. The Kier molecular flexibility index (Phi) is 4.12. The Labute approximate surface area is 161 Å². The molecule has 144 valence electrons. The summed E-state index contributed by atoms with van der Waals surface area (Å²) in [6.45, 7) is 0. The molecule has 4 rings (SSSR count). The first-order valence-electron chi connectivity index (χ1n) is 8.28. The van der Waals surface area contributed by atoms with Crippen LogP contribution in [0.3, 0.4) is 0 Å². The summed E-state index contributed by atoms with van der Waals surface area (Å²) in [5, 5.41) is 29.5. The molecule has 0 aliphatic carbocycles. The van der Waals surface area contributed by atoms with Gasteiger partial charge in [0, 0.05) is 22.9 Å². The molecule has 9 nitrogen and oxygen atoms in total. The third kappa shape index (κ3) is 3.10. The average molecular weight is 392 g/mol. The Balaban J connectivity index is 1.83. The van der Waals surface area contributed by atoms with Crippen LogP contribution < -0.4 is 10.2 Å². The SMILES string of the molecule is O=C(O)c1cc(OC(=O)c2cc(=O)c3cccc(O)c3[nH]2)c2cccc(O)c2n1. The van der Waals surface area contributed by atoms with Gasteiger partial charge >= 0.3 is 11.9 Å². The van der Waals surface area contributed by atoms with Crippen molar-refractivity contribution in [1.29, 1.82) is 0 Å². The lowest BCUT2D eigenvalue weighted by Crippen LogP contribution is -2.15. The summed E-state index contributed by atoms with van der Waals surface area (Å²) in [6, 6.07) is 10.7. The van der Waals surface area contributed by atoms with Crippen molar-refractivity contribution in [3.05, 3.63) is 70.1 Å². The van der Waals surface area contributed by atoms with Gasteiger partial charge in [0.2, 0.25) is 0 Å². The Morgan fingerprint density at radius 3 is 2.38 bits per heavy atom. The fraction of sp³-hybridized carbons (Fsp3) is 0. The number of aromatic carboxylic acids is 1. The van der Waals surface area contributed by atoms with E-state index in [2.05, 4.69) is 9.97 Å². The summed E-state index contributed by atoms with van der Waals surface area (Å²) in [4.78, 5) is 42.7. The molecule has 9 heteroatoms. The second-order valence-corrected chi connectivity index (χ2v) is 6.12. The number of phenolic OH excluding ortho intramolecular Hbond substituents is 2. The first-order valence-corrected chi connectivity index (χ1v) is 8.28. The molecule has 0 saturated carbocycles. The van der Waals surface area contributed by atoms with Gasteiger partial charge in [-0.25, -0.2) is 14.6 Å². The molecule has 2 aromatic carbocycles. The number of ether oxygens (including phenoxy) is 1. The maximum atomic E-state index is 12.6. The number of H-pyrrole nitrogens is 1. The maximum absolute atomic E-state index is 12.6. The van der Waals surface area contributed by atoms with Crippen LogP contribution in [-0.2, 0) is 0 Å². The predicted octanol–water partition coefficient (Wildman–Crippen LogP) is 2.40. The molecule has 0 spiro atoms. The third-order valence-corrected chi connectivity index (χ3v) is 4.26. The second-order valence-electron chi connectivity index (χ2n) is 6.12. The van der Waals surface area contributed by atoms with Crippen molar-refractivity contribution in [2.24, 2.45) is 0 Å². The number of benzene rings is 2. The van der Waals surface area contributed by atoms with Crippen LogP contribution >= 0.6 is 0 Å². The number of carbonyl (C=O) groups excluding carboxylic acids is 1. The number of aromatic hydroxyl groups is 2. The number of nitrogens with zero attached hydrogens (tertiary/aromatic N) is 1. The van der Waals surface area contributed by atoms with Crippen LogP contribution in [0.2, 0.25) is 0 Å². The number of aromatic amines is 1. The van der Waals surface area contributed by atoms with E-state index in [4.69, 9.17) is 4.74 Å². The number of para-hydroxylation sites is 2. The van der Waals surface area contributed by atoms with Crippen LogP contribution in [0.25, 0.3) is 21.8 Å². The number of carbonyl (C=O) groups is 2. The number of fused-ring (bicyclic) bond motifs is 2. The summed E-state index contributed by atoms with van der Waals surface area (Å²) in [5.74, 6) is -3.03. The monoisotopic (exact) mass is 392 g/mol. The van der Waals surface area contributed by atoms with Gasteiger partial charge in [-0.2, -0.15) is 0 Å². The molecule has 0 saturated heterocycles. The van der Waals surface area contributed by atoms with E-state index in [-0.39, 0.29) is 44.7 Å². The maximum Gasteiger partial charge on any atom is 0.360 e. The van der Waals surface area contributed by atoms with Crippen molar-refractivity contribution >= 4 is 33.7 Å². The minimum atomic E-state index is -1.38. The Morgan fingerprint density at radius 2 is 1.66 bits per heavy atom. The number of phenols is 2. The molecular weight excluding hydrogens is 380 g/mol. The van der Waals surface area contributed by atoms with Gasteiger partial charge in [-0.15, -0.1) is 0 Å². The number of aromatic nitrogens is 2. The number of hydrogen-bond donors (Lipinski definition) is 4. The molecule has 0 fully saturated rings. The van der Waals surface area contributed by atoms with Gasteiger partial charge < -0.3 is 25.0 Å². The van der Waals surface area contributed by atoms with E-state index < -0.39 is 23.1 Å². The number of hydrogen-bond acceptors (Lipinski definition) is 7. The van der Waals surface area contributed by atoms with E-state index in [0.717, 1.165) is 12.1 Å². The van der Waals surface area contributed by atoms with Crippen LogP contribution in [0.1, 0.15) is 21.0 Å². The fourth-order valence-corrected chi connectivity index (χ4v) is 2.92. The van der Waals surface area contributed by atoms with Crippen molar-refractivity contribution in [3.63, 3.8) is 0 Å². The number of carboxylic acids is 1. The van der Waals surface area contributed by atoms with Crippen LogP contribution in [0.5, 0.6) is 17.2 Å². The van der Waals surface area contributed by atoms with Gasteiger partial charge in [0.1, 0.15) is 28.5 Å². The van der Waals surface area contributed by atoms with Gasteiger partial charge in [0.15, 0.2) is 11.1 Å². The van der Waals surface area contributed by atoms with Gasteiger partial charge in [-0.3, -0.25) is 4.79 Å². The lowest BCUT2D eigenvalue weighted by atomic mass is 10.1. The molecule has 0 atom stereocenters. The largest absolute Gasteiger partial charge is 0.506 e. The molecule has 2 aromatic heterocycles. The van der Waals surface area contributed by atoms with E-state index in [1.165, 1.54) is 36.4 Å². The van der Waals surface area contributed by atoms with Crippen molar-refractivity contribution in [3.8, 4) is 17.2 Å². The van der Waals surface area contributed by atoms with Crippen LogP contribution in [0.15, 0.2) is 53.3 Å². The van der Waals surface area contributed by atoms with Crippen molar-refractivity contribution in [2.45, 2.75) is 0 Å². The average Bonchev–Trinajstić information content (AvgIpc) is 2.69. The van der Waals surface area contributed by atoms with Crippen LogP contribution in [-0.4, -0.2) is 37.2 Å². The number of rotatable bonds is 3. The van der Waals surface area contributed by atoms with E-state index in [0.29, 0.717) is 0 Å². The number of carboxylic acid groups (broad SMARTS) is 1. The van der Waals surface area contributed by atoms with Crippen molar-refractivity contribution in [1.82, 2.24) is 9.97 Å². The summed E-state index contributed by atoms with van der Waals surface area (Å²) in [7, 11) is 0. The number of esters is 1. The molecular formula is C20H12N2O7. The zero-order valence-corrected chi connectivity index (χ0v) is 14.5. The fourth-order valence-electron chi connectivity index (χ4n) is 2.92. The molecule has 0 unspecified atom stereocenters. The van der Waals surface area contributed by atoms with Crippen molar-refractivity contribution < 1.29 is 29.6 Å². The molecule has 2 heterocycles. The smallest absolute Gasteiger partial charge is 0.360 e. The summed E-state index contributed by atoms with van der Waals surface area (Å²) >= 11 is 0. The highest BCUT2D eigenvalue weighted by Gasteiger charge is 2.19. The topological polar surface area (TPSA) is 150 Å². The van der Waals surface area contributed by atoms with E-state index in [9.17, 15) is 29.7 Å². The lowest BCUT2D eigenvalue weighted by Gasteiger charge is -2.10. The third-order valence-electron chi connectivity index (χ3n) is 4.26. The Bertz CT molecular complexity index is 1370. The van der Waals surface area contributed by atoms with E-state index >= 15 is 0 Å². The van der Waals surface area contributed by atoms with E-state index in [1.807, 2.05) is 0 Å². The molecule has 0 bridgehead atoms.